The van der Waals surface area contributed by atoms with E-state index < -0.39 is 10.0 Å². The van der Waals surface area contributed by atoms with Crippen LogP contribution >= 0.6 is 11.6 Å². The number of nitrogens with one attached hydrogen (secondary N) is 1. The van der Waals surface area contributed by atoms with E-state index in [1.807, 2.05) is 54.6 Å². The SMILES string of the molecule is CCCOc1ccc(-c2nn(-c3ccccc3)cc2C=NNS(=O)(=O)c2ccc(Cl)cc2)cc1. The fourth-order valence-electron chi connectivity index (χ4n) is 3.18. The molecular weight excluding hydrogens is 472 g/mol. The highest BCUT2D eigenvalue weighted by molar-refractivity contribution is 7.89. The van der Waals surface area contributed by atoms with Gasteiger partial charge in [0.1, 0.15) is 11.4 Å². The van der Waals surface area contributed by atoms with E-state index in [-0.39, 0.29) is 4.90 Å². The van der Waals surface area contributed by atoms with Crippen molar-refractivity contribution < 1.29 is 13.2 Å². The van der Waals surface area contributed by atoms with Crippen LogP contribution in [-0.2, 0) is 10.0 Å². The van der Waals surface area contributed by atoms with Crippen LogP contribution < -0.4 is 9.57 Å². The predicted molar refractivity (Wildman–Crippen MR) is 134 cm³/mol. The number of benzene rings is 3. The Kier molecular flexibility index (Phi) is 7.30. The highest BCUT2D eigenvalue weighted by atomic mass is 35.5. The maximum Gasteiger partial charge on any atom is 0.276 e. The molecule has 0 bridgehead atoms. The Morgan fingerprint density at radius 1 is 1.03 bits per heavy atom. The summed E-state index contributed by atoms with van der Waals surface area (Å²) in [4.78, 5) is 2.31. The lowest BCUT2D eigenvalue weighted by Crippen LogP contribution is -2.18. The average molecular weight is 495 g/mol. The van der Waals surface area contributed by atoms with Crippen LogP contribution in [0.2, 0.25) is 5.02 Å². The molecule has 34 heavy (non-hydrogen) atoms. The molecule has 0 aliphatic heterocycles. The molecule has 7 nitrogen and oxygen atoms in total. The number of hydrazone groups is 1. The van der Waals surface area contributed by atoms with Crippen molar-refractivity contribution in [2.45, 2.75) is 18.2 Å². The van der Waals surface area contributed by atoms with E-state index in [0.717, 1.165) is 23.4 Å². The summed E-state index contributed by atoms with van der Waals surface area (Å²) < 4.78 is 32.5. The Labute approximate surface area is 203 Å². The van der Waals surface area contributed by atoms with Crippen LogP contribution in [0.25, 0.3) is 16.9 Å². The van der Waals surface area contributed by atoms with E-state index in [1.54, 1.807) is 10.9 Å². The summed E-state index contributed by atoms with van der Waals surface area (Å²) in [5.74, 6) is 0.777. The minimum atomic E-state index is -3.83. The van der Waals surface area contributed by atoms with Crippen LogP contribution in [0.5, 0.6) is 5.75 Å². The molecule has 0 fully saturated rings. The summed E-state index contributed by atoms with van der Waals surface area (Å²) >= 11 is 5.85. The third-order valence-corrected chi connectivity index (χ3v) is 6.35. The minimum Gasteiger partial charge on any atom is -0.494 e. The molecule has 0 saturated heterocycles. The Morgan fingerprint density at radius 3 is 2.41 bits per heavy atom. The number of sulfonamides is 1. The highest BCUT2D eigenvalue weighted by Gasteiger charge is 2.14. The van der Waals surface area contributed by atoms with Gasteiger partial charge in [-0.15, -0.1) is 0 Å². The summed E-state index contributed by atoms with van der Waals surface area (Å²) in [6.45, 7) is 2.70. The second-order valence-electron chi connectivity index (χ2n) is 7.39. The summed E-state index contributed by atoms with van der Waals surface area (Å²) in [7, 11) is -3.83. The van der Waals surface area contributed by atoms with Gasteiger partial charge in [-0.1, -0.05) is 36.7 Å². The molecule has 1 N–H and O–H groups in total. The largest absolute Gasteiger partial charge is 0.494 e. The topological polar surface area (TPSA) is 85.6 Å². The summed E-state index contributed by atoms with van der Waals surface area (Å²) in [6, 6.07) is 23.1. The van der Waals surface area contributed by atoms with Gasteiger partial charge in [0.2, 0.25) is 0 Å². The van der Waals surface area contributed by atoms with Crippen LogP contribution in [0.15, 0.2) is 95.1 Å². The van der Waals surface area contributed by atoms with Crippen molar-refractivity contribution in [3.63, 3.8) is 0 Å². The number of aromatic nitrogens is 2. The van der Waals surface area contributed by atoms with Gasteiger partial charge in [-0.3, -0.25) is 0 Å². The molecular formula is C25H23ClN4O3S. The van der Waals surface area contributed by atoms with Crippen molar-refractivity contribution in [1.82, 2.24) is 14.6 Å². The van der Waals surface area contributed by atoms with E-state index >= 15 is 0 Å². The molecule has 0 spiro atoms. The fourth-order valence-corrected chi connectivity index (χ4v) is 4.10. The van der Waals surface area contributed by atoms with Gasteiger partial charge in [0.15, 0.2) is 0 Å². The number of nitrogens with zero attached hydrogens (tertiary/aromatic N) is 3. The van der Waals surface area contributed by atoms with E-state index in [0.29, 0.717) is 22.9 Å². The second-order valence-corrected chi connectivity index (χ2v) is 9.49. The second kappa shape index (κ2) is 10.5. The quantitative estimate of drug-likeness (QED) is 0.253. The van der Waals surface area contributed by atoms with E-state index in [2.05, 4.69) is 16.9 Å². The van der Waals surface area contributed by atoms with E-state index in [4.69, 9.17) is 21.4 Å². The van der Waals surface area contributed by atoms with Crippen LogP contribution in [-0.4, -0.2) is 31.0 Å². The van der Waals surface area contributed by atoms with Crippen LogP contribution in [0, 0.1) is 0 Å². The van der Waals surface area contributed by atoms with E-state index in [1.165, 1.54) is 30.5 Å². The van der Waals surface area contributed by atoms with Crippen molar-refractivity contribution in [1.29, 1.82) is 0 Å². The van der Waals surface area contributed by atoms with Gasteiger partial charge in [-0.2, -0.15) is 18.6 Å². The standard InChI is InChI=1S/C25H23ClN4O3S/c1-2-16-33-23-12-8-19(9-13-23)25-20(18-30(28-25)22-6-4-3-5-7-22)17-27-29-34(31,32)24-14-10-21(26)11-15-24/h3-15,17-18,29H,2,16H2,1H3. The molecule has 0 unspecified atom stereocenters. The highest BCUT2D eigenvalue weighted by Crippen LogP contribution is 2.25. The van der Waals surface area contributed by atoms with Crippen molar-refractivity contribution in [2.75, 3.05) is 6.61 Å². The van der Waals surface area contributed by atoms with Crippen LogP contribution in [0.3, 0.4) is 0 Å². The maximum atomic E-state index is 12.5. The van der Waals surface area contributed by atoms with Gasteiger partial charge in [-0.25, -0.2) is 9.51 Å². The number of ether oxygens (including phenoxy) is 1. The van der Waals surface area contributed by atoms with Gasteiger partial charge in [0, 0.05) is 22.3 Å². The predicted octanol–water partition coefficient (Wildman–Crippen LogP) is 5.29. The molecule has 1 heterocycles. The lowest BCUT2D eigenvalue weighted by molar-refractivity contribution is 0.317. The molecule has 0 aliphatic carbocycles. The first kappa shape index (κ1) is 23.5. The van der Waals surface area contributed by atoms with Gasteiger partial charge in [-0.05, 0) is 67.1 Å². The maximum absolute atomic E-state index is 12.5. The first-order chi connectivity index (χ1) is 16.5. The number of hydrogen-bond donors (Lipinski definition) is 1. The lowest BCUT2D eigenvalue weighted by Gasteiger charge is -2.05. The first-order valence-corrected chi connectivity index (χ1v) is 12.5. The molecule has 174 valence electrons. The number of hydrogen-bond acceptors (Lipinski definition) is 5. The molecule has 9 heteroatoms. The fraction of sp³-hybridized carbons (Fsp3) is 0.120. The van der Waals surface area contributed by atoms with Crippen molar-refractivity contribution in [3.05, 3.63) is 95.6 Å². The van der Waals surface area contributed by atoms with Gasteiger partial charge >= 0.3 is 0 Å². The zero-order valence-electron chi connectivity index (χ0n) is 18.4. The molecule has 3 aromatic carbocycles. The van der Waals surface area contributed by atoms with Gasteiger partial charge < -0.3 is 4.74 Å². The van der Waals surface area contributed by atoms with Crippen LogP contribution in [0.1, 0.15) is 18.9 Å². The molecule has 0 radical (unpaired) electrons. The normalized spacial score (nSPS) is 11.6. The average Bonchev–Trinajstić information content (AvgIpc) is 3.28. The third kappa shape index (κ3) is 5.65. The first-order valence-electron chi connectivity index (χ1n) is 10.6. The Morgan fingerprint density at radius 2 is 1.74 bits per heavy atom. The molecule has 0 amide bonds. The van der Waals surface area contributed by atoms with Crippen molar-refractivity contribution in [2.24, 2.45) is 5.10 Å². The number of rotatable bonds is 9. The van der Waals surface area contributed by atoms with Gasteiger partial charge in [0.05, 0.1) is 23.4 Å². The Balaban J connectivity index is 1.64. The molecule has 0 aliphatic rings. The molecule has 4 rings (SSSR count). The van der Waals surface area contributed by atoms with Crippen molar-refractivity contribution >= 4 is 27.8 Å². The van der Waals surface area contributed by atoms with Crippen molar-refractivity contribution in [3.8, 4) is 22.7 Å². The molecule has 4 aromatic rings. The smallest absolute Gasteiger partial charge is 0.276 e. The Bertz CT molecular complexity index is 1370. The third-order valence-electron chi connectivity index (χ3n) is 4.86. The Hall–Kier alpha value is -3.62. The summed E-state index contributed by atoms with van der Waals surface area (Å²) in [5.41, 5.74) is 3.01. The van der Waals surface area contributed by atoms with Crippen LogP contribution in [0.4, 0.5) is 0 Å². The zero-order chi connectivity index (χ0) is 24.0. The van der Waals surface area contributed by atoms with E-state index in [9.17, 15) is 8.42 Å². The molecule has 0 atom stereocenters. The molecule has 1 aromatic heterocycles. The summed E-state index contributed by atoms with van der Waals surface area (Å²) in [5, 5.41) is 9.16. The van der Waals surface area contributed by atoms with Gasteiger partial charge in [0.25, 0.3) is 10.0 Å². The lowest BCUT2D eigenvalue weighted by atomic mass is 10.1. The number of para-hydroxylation sites is 1. The number of halogens is 1. The minimum absolute atomic E-state index is 0.0666. The molecule has 0 saturated carbocycles. The monoisotopic (exact) mass is 494 g/mol. The zero-order valence-corrected chi connectivity index (χ0v) is 20.0. The summed E-state index contributed by atoms with van der Waals surface area (Å²) in [6.07, 6.45) is 4.17.